The van der Waals surface area contributed by atoms with Crippen molar-refractivity contribution in [2.45, 2.75) is 6.18 Å². The van der Waals surface area contributed by atoms with E-state index in [9.17, 15) is 26.9 Å². The number of hydrogen-bond donors (Lipinski definition) is 1. The molecule has 8 nitrogen and oxygen atoms in total. The first kappa shape index (κ1) is 21.6. The van der Waals surface area contributed by atoms with Crippen molar-refractivity contribution in [3.63, 3.8) is 0 Å². The van der Waals surface area contributed by atoms with Crippen molar-refractivity contribution in [3.05, 3.63) is 33.4 Å². The zero-order valence-corrected chi connectivity index (χ0v) is 16.1. The number of nitriles is 2. The van der Waals surface area contributed by atoms with Crippen LogP contribution >= 0.6 is 23.2 Å². The summed E-state index contributed by atoms with van der Waals surface area (Å²) in [5.74, 6) is -0.458. The summed E-state index contributed by atoms with van der Waals surface area (Å²) in [4.78, 5) is 0. The van der Waals surface area contributed by atoms with Gasteiger partial charge < -0.3 is 5.73 Å². The Bertz CT molecular complexity index is 1110. The first-order valence-corrected chi connectivity index (χ1v) is 9.63. The van der Waals surface area contributed by atoms with Crippen molar-refractivity contribution < 1.29 is 21.6 Å². The first-order valence-electron chi connectivity index (χ1n) is 7.02. The minimum Gasteiger partial charge on any atom is -0.382 e. The van der Waals surface area contributed by atoms with Crippen LogP contribution in [0.25, 0.3) is 5.69 Å². The molecular formula is C14H9Cl2F3N6O2S. The minimum atomic E-state index is -4.72. The summed E-state index contributed by atoms with van der Waals surface area (Å²) in [6.07, 6.45) is -3.94. The summed E-state index contributed by atoms with van der Waals surface area (Å²) >= 11 is 11.8. The molecule has 0 aliphatic rings. The molecule has 0 aliphatic heterocycles. The molecule has 14 heteroatoms. The number of nitrogen functional groups attached to an aromatic ring is 1. The lowest BCUT2D eigenvalue weighted by Gasteiger charge is -2.18. The number of hydrogen-bond acceptors (Lipinski definition) is 6. The normalized spacial score (nSPS) is 11.7. The molecule has 2 aromatic rings. The molecule has 1 aromatic heterocycles. The van der Waals surface area contributed by atoms with E-state index in [1.54, 1.807) is 12.1 Å². The van der Waals surface area contributed by atoms with Crippen LogP contribution in [0.5, 0.6) is 0 Å². The Morgan fingerprint density at radius 1 is 1.29 bits per heavy atom. The third-order valence-corrected chi connectivity index (χ3v) is 5.11. The Hall–Kier alpha value is -2.67. The number of anilines is 2. The van der Waals surface area contributed by atoms with Gasteiger partial charge in [0.05, 0.1) is 27.9 Å². The van der Waals surface area contributed by atoms with Crippen molar-refractivity contribution in [1.82, 2.24) is 9.78 Å². The second-order valence-corrected chi connectivity index (χ2v) is 8.04. The van der Waals surface area contributed by atoms with Crippen LogP contribution in [0.3, 0.4) is 0 Å². The molecule has 2 rings (SSSR count). The summed E-state index contributed by atoms with van der Waals surface area (Å²) in [5, 5.41) is 21.0. The lowest BCUT2D eigenvalue weighted by Crippen LogP contribution is -2.31. The van der Waals surface area contributed by atoms with E-state index in [0.717, 1.165) is 10.9 Å². The highest BCUT2D eigenvalue weighted by Gasteiger charge is 2.34. The Labute approximate surface area is 167 Å². The van der Waals surface area contributed by atoms with Crippen molar-refractivity contribution in [3.8, 4) is 17.8 Å². The van der Waals surface area contributed by atoms with E-state index < -0.39 is 55.6 Å². The van der Waals surface area contributed by atoms with Crippen molar-refractivity contribution >= 4 is 44.7 Å². The van der Waals surface area contributed by atoms with Gasteiger partial charge in [-0.3, -0.25) is 0 Å². The van der Waals surface area contributed by atoms with E-state index in [-0.39, 0.29) is 5.69 Å². The highest BCUT2D eigenvalue weighted by Crippen LogP contribution is 2.40. The largest absolute Gasteiger partial charge is 0.416 e. The van der Waals surface area contributed by atoms with Crippen LogP contribution in [0.1, 0.15) is 11.3 Å². The maximum Gasteiger partial charge on any atom is 0.416 e. The number of nitrogens with zero attached hydrogens (tertiary/aromatic N) is 5. The van der Waals surface area contributed by atoms with Gasteiger partial charge in [-0.15, -0.1) is 0 Å². The molecule has 0 unspecified atom stereocenters. The Morgan fingerprint density at radius 3 is 2.21 bits per heavy atom. The van der Waals surface area contributed by atoms with Gasteiger partial charge in [0.2, 0.25) is 10.0 Å². The molecule has 0 fully saturated rings. The summed E-state index contributed by atoms with van der Waals surface area (Å²) < 4.78 is 63.9. The quantitative estimate of drug-likeness (QED) is 0.709. The van der Waals surface area contributed by atoms with Crippen LogP contribution < -0.4 is 10.0 Å². The molecule has 0 bridgehead atoms. The highest BCUT2D eigenvalue weighted by atomic mass is 35.5. The number of sulfonamides is 1. The molecule has 0 saturated heterocycles. The Morgan fingerprint density at radius 2 is 1.82 bits per heavy atom. The predicted molar refractivity (Wildman–Crippen MR) is 95.5 cm³/mol. The lowest BCUT2D eigenvalue weighted by atomic mass is 10.2. The van der Waals surface area contributed by atoms with E-state index in [4.69, 9.17) is 34.2 Å². The fourth-order valence-corrected chi connectivity index (χ4v) is 3.72. The molecule has 1 heterocycles. The molecule has 0 amide bonds. The van der Waals surface area contributed by atoms with Gasteiger partial charge in [-0.2, -0.15) is 28.8 Å². The molecular weight excluding hydrogens is 444 g/mol. The van der Waals surface area contributed by atoms with Gasteiger partial charge in [-0.05, 0) is 12.1 Å². The molecule has 1 aromatic carbocycles. The summed E-state index contributed by atoms with van der Waals surface area (Å²) in [6.45, 7) is -0.683. The first-order chi connectivity index (χ1) is 12.8. The van der Waals surface area contributed by atoms with Crippen molar-refractivity contribution in [2.24, 2.45) is 0 Å². The summed E-state index contributed by atoms with van der Waals surface area (Å²) in [5.41, 5.74) is 3.57. The maximum absolute atomic E-state index is 12.9. The monoisotopic (exact) mass is 452 g/mol. The van der Waals surface area contributed by atoms with E-state index in [2.05, 4.69) is 5.10 Å². The molecule has 0 aliphatic carbocycles. The molecule has 0 saturated carbocycles. The molecule has 0 atom stereocenters. The van der Waals surface area contributed by atoms with E-state index >= 15 is 0 Å². The second-order valence-electron chi connectivity index (χ2n) is 5.32. The Kier molecular flexibility index (Phi) is 5.71. The van der Waals surface area contributed by atoms with E-state index in [0.29, 0.717) is 16.4 Å². The fourth-order valence-electron chi connectivity index (χ4n) is 2.27. The van der Waals surface area contributed by atoms with Crippen LogP contribution in [0.15, 0.2) is 12.1 Å². The maximum atomic E-state index is 12.9. The van der Waals surface area contributed by atoms with Crippen LogP contribution in [-0.2, 0) is 16.2 Å². The van der Waals surface area contributed by atoms with E-state index in [1.165, 1.54) is 0 Å². The van der Waals surface area contributed by atoms with Crippen molar-refractivity contribution in [1.29, 1.82) is 10.5 Å². The minimum absolute atomic E-state index is 0.290. The van der Waals surface area contributed by atoms with Gasteiger partial charge in [0.1, 0.15) is 24.0 Å². The van der Waals surface area contributed by atoms with Gasteiger partial charge in [-0.1, -0.05) is 23.2 Å². The topological polar surface area (TPSA) is 129 Å². The lowest BCUT2D eigenvalue weighted by molar-refractivity contribution is -0.137. The van der Waals surface area contributed by atoms with Crippen LogP contribution in [0.2, 0.25) is 10.0 Å². The van der Waals surface area contributed by atoms with Crippen LogP contribution in [-0.4, -0.2) is 31.0 Å². The SMILES string of the molecule is CS(=O)(=O)N(CC#N)c1c(C#N)nn(-c2c(Cl)cc(C(F)(F)F)cc2Cl)c1N. The standard InChI is InChI=1S/C14H9Cl2F3N6O2S/c1-28(26,27)24(3-2-20)12-10(6-21)23-25(13(12)22)11-8(15)4-7(5-9(11)16)14(17,18)19/h4-5H,3,22H2,1H3. The van der Waals surface area contributed by atoms with Gasteiger partial charge in [0.25, 0.3) is 0 Å². The third kappa shape index (κ3) is 3.94. The number of alkyl halides is 3. The number of halogens is 5. The zero-order valence-electron chi connectivity index (χ0n) is 13.8. The predicted octanol–water partition coefficient (Wildman–Crippen LogP) is 2.94. The molecule has 0 spiro atoms. The molecule has 148 valence electrons. The van der Waals surface area contributed by atoms with Crippen molar-refractivity contribution in [2.75, 3.05) is 22.8 Å². The number of aromatic nitrogens is 2. The van der Waals surface area contributed by atoms with Gasteiger partial charge in [-0.25, -0.2) is 17.4 Å². The average molecular weight is 453 g/mol. The smallest absolute Gasteiger partial charge is 0.382 e. The number of benzene rings is 1. The van der Waals surface area contributed by atoms with Gasteiger partial charge in [0, 0.05) is 0 Å². The molecule has 28 heavy (non-hydrogen) atoms. The highest BCUT2D eigenvalue weighted by molar-refractivity contribution is 7.92. The average Bonchev–Trinajstić information content (AvgIpc) is 2.86. The zero-order chi connectivity index (χ0) is 21.4. The van der Waals surface area contributed by atoms with Crippen LogP contribution in [0.4, 0.5) is 24.7 Å². The van der Waals surface area contributed by atoms with Crippen LogP contribution in [0, 0.1) is 22.7 Å². The van der Waals surface area contributed by atoms with Gasteiger partial charge >= 0.3 is 6.18 Å². The third-order valence-electron chi connectivity index (χ3n) is 3.42. The number of rotatable bonds is 4. The second kappa shape index (κ2) is 7.39. The summed E-state index contributed by atoms with van der Waals surface area (Å²) in [6, 6.07) is 4.40. The fraction of sp³-hybridized carbons (Fsp3) is 0.214. The number of nitrogens with two attached hydrogens (primary N) is 1. The Balaban J connectivity index is 2.80. The molecule has 0 radical (unpaired) electrons. The summed E-state index contributed by atoms with van der Waals surface area (Å²) in [7, 11) is -4.04. The molecule has 2 N–H and O–H groups in total. The van der Waals surface area contributed by atoms with Gasteiger partial charge in [0.15, 0.2) is 11.5 Å². The van der Waals surface area contributed by atoms with E-state index in [1.807, 2.05) is 0 Å².